The van der Waals surface area contributed by atoms with Gasteiger partial charge in [-0.25, -0.2) is 24.0 Å². The first-order valence-electron chi connectivity index (χ1n) is 27.7. The van der Waals surface area contributed by atoms with Crippen molar-refractivity contribution in [3.05, 3.63) is 5.92 Å². The van der Waals surface area contributed by atoms with Gasteiger partial charge in [-0.2, -0.15) is 0 Å². The lowest BCUT2D eigenvalue weighted by molar-refractivity contribution is 0.00434. The maximum Gasteiger partial charge on any atom is 0.410 e. The Morgan fingerprint density at radius 2 is 0.971 bits per heavy atom. The van der Waals surface area contributed by atoms with Crippen molar-refractivity contribution in [1.29, 1.82) is 0 Å². The molecule has 0 N–H and O–H groups in total. The van der Waals surface area contributed by atoms with E-state index in [1.54, 1.807) is 5.92 Å². The number of hydrogen-bond acceptors (Lipinski definition) is 11. The lowest BCUT2D eigenvalue weighted by Crippen LogP contribution is -2.49. The summed E-state index contributed by atoms with van der Waals surface area (Å²) < 4.78 is 34.5. The molecule has 6 heterocycles. The average molecular weight is 969 g/mol. The molecule has 0 aromatic carbocycles. The third-order valence-electron chi connectivity index (χ3n) is 17.4. The number of likely N-dealkylation sites (tertiary alicyclic amines) is 5. The Labute approximate surface area is 412 Å². The molecule has 69 heavy (non-hydrogen) atoms. The highest BCUT2D eigenvalue weighted by molar-refractivity contribution is 5.69. The summed E-state index contributed by atoms with van der Waals surface area (Å²) in [5.74, 6) is 4.06. The Hall–Kier alpha value is -3.69. The lowest BCUT2D eigenvalue weighted by atomic mass is 9.57. The molecule has 6 aliphatic heterocycles. The zero-order valence-electron chi connectivity index (χ0n) is 42.4. The Morgan fingerprint density at radius 3 is 1.46 bits per heavy atom. The summed E-state index contributed by atoms with van der Waals surface area (Å²) in [7, 11) is 0. The second kappa shape index (κ2) is 25.1. The first-order valence-corrected chi connectivity index (χ1v) is 27.7. The lowest BCUT2D eigenvalue weighted by Gasteiger charge is -2.51. The van der Waals surface area contributed by atoms with Gasteiger partial charge in [0.15, 0.2) is 0 Å². The summed E-state index contributed by atoms with van der Waals surface area (Å²) in [6, 6.07) is 0. The number of amides is 5. The predicted molar refractivity (Wildman–Crippen MR) is 258 cm³/mol. The second-order valence-corrected chi connectivity index (χ2v) is 22.2. The molecule has 16 heteroatoms. The Kier molecular flexibility index (Phi) is 18.8. The molecule has 5 amide bonds. The van der Waals surface area contributed by atoms with Gasteiger partial charge in [0.2, 0.25) is 0 Å². The molecule has 2 saturated carbocycles. The fourth-order valence-corrected chi connectivity index (χ4v) is 13.2. The van der Waals surface area contributed by atoms with Crippen molar-refractivity contribution < 1.29 is 52.4 Å². The van der Waals surface area contributed by atoms with Gasteiger partial charge in [0.05, 0.1) is 25.9 Å². The summed E-state index contributed by atoms with van der Waals surface area (Å²) in [5, 5.41) is 0. The number of carbonyl (C=O) groups is 5. The highest BCUT2D eigenvalue weighted by Crippen LogP contribution is 2.52. The summed E-state index contributed by atoms with van der Waals surface area (Å²) in [6.07, 6.45) is 17.6. The number of ether oxygens (including phenoxy) is 6. The van der Waals surface area contributed by atoms with Gasteiger partial charge in [0, 0.05) is 71.9 Å². The highest BCUT2D eigenvalue weighted by atomic mass is 16.6. The zero-order valence-corrected chi connectivity index (χ0v) is 42.4. The topological polar surface area (TPSA) is 157 Å². The fraction of sp³-hybridized carbons (Fsp3) is 0.887. The first kappa shape index (κ1) is 51.7. The fourth-order valence-electron chi connectivity index (χ4n) is 13.2. The van der Waals surface area contributed by atoms with Crippen LogP contribution in [0, 0.1) is 47.3 Å². The van der Waals surface area contributed by atoms with Crippen LogP contribution >= 0.6 is 0 Å². The molecule has 389 valence electrons. The van der Waals surface area contributed by atoms with Crippen LogP contribution in [0.1, 0.15) is 149 Å². The van der Waals surface area contributed by atoms with E-state index in [2.05, 4.69) is 0 Å². The maximum absolute atomic E-state index is 13.6. The molecule has 0 aromatic heterocycles. The van der Waals surface area contributed by atoms with Crippen molar-refractivity contribution in [1.82, 2.24) is 24.5 Å². The van der Waals surface area contributed by atoms with Crippen molar-refractivity contribution in [2.45, 2.75) is 174 Å². The molecular formula is C53H86N5O11. The van der Waals surface area contributed by atoms with E-state index >= 15 is 0 Å². The predicted octanol–water partition coefficient (Wildman–Crippen LogP) is 9.53. The Morgan fingerprint density at radius 1 is 0.507 bits per heavy atom. The third kappa shape index (κ3) is 14.0. The number of hydrogen-bond donors (Lipinski definition) is 0. The van der Waals surface area contributed by atoms with Crippen LogP contribution in [0.5, 0.6) is 0 Å². The quantitative estimate of drug-likeness (QED) is 0.153. The minimum absolute atomic E-state index is 0.0388. The van der Waals surface area contributed by atoms with Crippen LogP contribution in [0.4, 0.5) is 24.0 Å². The number of piperidine rings is 5. The highest BCUT2D eigenvalue weighted by Gasteiger charge is 2.48. The molecule has 8 aliphatic rings. The van der Waals surface area contributed by atoms with E-state index < -0.39 is 0 Å². The average Bonchev–Trinajstić information content (AvgIpc) is 4.08. The third-order valence-corrected chi connectivity index (χ3v) is 17.4. The molecule has 8 fully saturated rings. The van der Waals surface area contributed by atoms with Gasteiger partial charge in [0.25, 0.3) is 0 Å². The van der Waals surface area contributed by atoms with E-state index in [1.807, 2.05) is 45.3 Å². The van der Waals surface area contributed by atoms with Gasteiger partial charge < -0.3 is 52.9 Å². The monoisotopic (exact) mass is 969 g/mol. The van der Waals surface area contributed by atoms with Crippen molar-refractivity contribution in [2.75, 3.05) is 85.3 Å². The molecule has 16 nitrogen and oxygen atoms in total. The van der Waals surface area contributed by atoms with Gasteiger partial charge in [0.1, 0.15) is 18.3 Å². The molecular weight excluding hydrogens is 883 g/mol. The molecule has 3 atom stereocenters. The van der Waals surface area contributed by atoms with Crippen LogP contribution in [0.25, 0.3) is 0 Å². The number of rotatable bonds is 14. The van der Waals surface area contributed by atoms with Crippen LogP contribution in [0.2, 0.25) is 0 Å². The van der Waals surface area contributed by atoms with E-state index in [0.717, 1.165) is 128 Å². The summed E-state index contributed by atoms with van der Waals surface area (Å²) >= 11 is 0. The minimum atomic E-state index is -0.241. The van der Waals surface area contributed by atoms with Crippen molar-refractivity contribution >= 4 is 30.5 Å². The smallest absolute Gasteiger partial charge is 0.410 e. The summed E-state index contributed by atoms with van der Waals surface area (Å²) in [5.41, 5.74) is 0. The molecule has 0 bridgehead atoms. The van der Waals surface area contributed by atoms with E-state index in [9.17, 15) is 24.0 Å². The van der Waals surface area contributed by atoms with Gasteiger partial charge >= 0.3 is 30.5 Å². The van der Waals surface area contributed by atoms with Crippen LogP contribution in [0.3, 0.4) is 0 Å². The molecule has 1 radical (unpaired) electrons. The summed E-state index contributed by atoms with van der Waals surface area (Å²) in [4.78, 5) is 76.2. The Bertz CT molecular complexity index is 1650. The van der Waals surface area contributed by atoms with Crippen LogP contribution in [0.15, 0.2) is 0 Å². The number of carbonyl (C=O) groups excluding carboxylic acids is 5. The van der Waals surface area contributed by atoms with Crippen molar-refractivity contribution in [2.24, 2.45) is 41.4 Å². The Balaban J connectivity index is 1.07. The van der Waals surface area contributed by atoms with E-state index in [-0.39, 0.29) is 60.8 Å². The van der Waals surface area contributed by atoms with Gasteiger partial charge in [-0.3, -0.25) is 0 Å². The zero-order chi connectivity index (χ0) is 48.3. The normalized spacial score (nSPS) is 25.5. The van der Waals surface area contributed by atoms with Crippen LogP contribution in [-0.2, 0) is 28.4 Å². The molecule has 8 rings (SSSR count). The van der Waals surface area contributed by atoms with Crippen molar-refractivity contribution in [3.63, 3.8) is 0 Å². The van der Waals surface area contributed by atoms with Crippen molar-refractivity contribution in [3.8, 4) is 0 Å². The number of nitrogens with zero attached hydrogens (tertiary/aromatic N) is 5. The minimum Gasteiger partial charge on any atom is -0.450 e. The van der Waals surface area contributed by atoms with E-state index in [0.29, 0.717) is 121 Å². The molecule has 2 aliphatic carbocycles. The van der Waals surface area contributed by atoms with E-state index in [4.69, 9.17) is 28.4 Å². The standard InChI is InChI=1S/C53H86N5O11/c1-4-65-49(59)54-23-12-38(13-24-54)34-46(40-16-27-56(28-17-40)50(60)66-37(2)3)48(42-20-31-58(32-21-42)52(62)68-44-10-7-11-44)47(41-18-29-57(30-19-41)53(63)69-45-22-33-64-36-45)35-39-14-25-55(26-15-39)51(61)67-43-8-5-6-9-43/h37-46,48H,4-36H2,1-3H3. The molecule has 3 unspecified atom stereocenters. The van der Waals surface area contributed by atoms with Gasteiger partial charge in [-0.05, 0) is 190 Å². The van der Waals surface area contributed by atoms with Crippen LogP contribution < -0.4 is 0 Å². The second-order valence-electron chi connectivity index (χ2n) is 22.2. The first-order chi connectivity index (χ1) is 33.5. The largest absolute Gasteiger partial charge is 0.450 e. The SMILES string of the molecule is CCOC(=O)N1CCC(CC(C2CCN(C(=O)OC(C)C)CC2)C([C](CC2CCN(C(=O)OC3CCCC3)CC2)C2CCN(C(=O)OC3CCOC3)CC2)C2CCN(C(=O)OC3CCC3)CC2)CC1. The molecule has 0 aromatic rings. The molecule has 6 saturated heterocycles. The van der Waals surface area contributed by atoms with Gasteiger partial charge in [-0.15, -0.1) is 0 Å². The maximum atomic E-state index is 13.6. The van der Waals surface area contributed by atoms with E-state index in [1.165, 1.54) is 0 Å². The molecule has 0 spiro atoms. The van der Waals surface area contributed by atoms with Crippen LogP contribution in [-0.4, -0.2) is 165 Å². The van der Waals surface area contributed by atoms with Gasteiger partial charge in [-0.1, -0.05) is 0 Å². The summed E-state index contributed by atoms with van der Waals surface area (Å²) in [6.45, 7) is 13.8.